The maximum absolute atomic E-state index is 12.2. The van der Waals surface area contributed by atoms with Gasteiger partial charge < -0.3 is 0 Å². The van der Waals surface area contributed by atoms with Gasteiger partial charge in [-0.3, -0.25) is 4.79 Å². The van der Waals surface area contributed by atoms with E-state index in [0.717, 1.165) is 12.7 Å². The molecule has 18 heavy (non-hydrogen) atoms. The zero-order valence-electron chi connectivity index (χ0n) is 10.9. The van der Waals surface area contributed by atoms with Gasteiger partial charge in [0.25, 0.3) is 0 Å². The molecule has 1 N–H and O–H groups in total. The van der Waals surface area contributed by atoms with Gasteiger partial charge in [0.1, 0.15) is 11.0 Å². The summed E-state index contributed by atoms with van der Waals surface area (Å²) in [4.78, 5) is 10.6. The molecule has 5 heteroatoms. The second kappa shape index (κ2) is 5.63. The molecule has 100 valence electrons. The molecule has 1 aromatic carbocycles. The summed E-state index contributed by atoms with van der Waals surface area (Å²) in [5.41, 5.74) is 1.20. The molecule has 0 radical (unpaired) electrons. The number of carbonyl (C=O) groups is 1. The average molecular weight is 269 g/mol. The largest absolute Gasteiger partial charge is 0.298 e. The standard InChI is InChI=1S/C13H19NO3S/c1-4-9-14-18(16,17)13(2,3)12-7-5-11(10-15)6-8-12/h5-8,10,14H,4,9H2,1-3H3. The lowest BCUT2D eigenvalue weighted by molar-refractivity contribution is 0.112. The first-order chi connectivity index (χ1) is 8.35. The Morgan fingerprint density at radius 2 is 1.78 bits per heavy atom. The van der Waals surface area contributed by atoms with Gasteiger partial charge >= 0.3 is 0 Å². The minimum atomic E-state index is -3.43. The third-order valence-electron chi connectivity index (χ3n) is 2.96. The molecule has 1 rings (SSSR count). The molecule has 0 fully saturated rings. The predicted molar refractivity (Wildman–Crippen MR) is 72.1 cm³/mol. The van der Waals surface area contributed by atoms with Crippen molar-refractivity contribution >= 4 is 16.3 Å². The molecule has 4 nitrogen and oxygen atoms in total. The third kappa shape index (κ3) is 2.97. The average Bonchev–Trinajstić information content (AvgIpc) is 2.36. The molecule has 0 bridgehead atoms. The van der Waals surface area contributed by atoms with Gasteiger partial charge in [0, 0.05) is 12.1 Å². The van der Waals surface area contributed by atoms with E-state index in [2.05, 4.69) is 4.72 Å². The van der Waals surface area contributed by atoms with Gasteiger partial charge in [0.05, 0.1) is 0 Å². The lowest BCUT2D eigenvalue weighted by Crippen LogP contribution is -2.40. The Hall–Kier alpha value is -1.20. The highest BCUT2D eigenvalue weighted by atomic mass is 32.2. The van der Waals surface area contributed by atoms with Gasteiger partial charge in [0.2, 0.25) is 10.0 Å². The van der Waals surface area contributed by atoms with Crippen molar-refractivity contribution in [3.05, 3.63) is 35.4 Å². The van der Waals surface area contributed by atoms with Crippen LogP contribution in [-0.2, 0) is 14.8 Å². The van der Waals surface area contributed by atoms with Crippen molar-refractivity contribution in [1.29, 1.82) is 0 Å². The molecular weight excluding hydrogens is 250 g/mol. The van der Waals surface area contributed by atoms with Crippen LogP contribution in [0.4, 0.5) is 0 Å². The highest BCUT2D eigenvalue weighted by Gasteiger charge is 2.35. The van der Waals surface area contributed by atoms with Crippen LogP contribution in [0.1, 0.15) is 43.1 Å². The Balaban J connectivity index is 3.07. The number of sulfonamides is 1. The van der Waals surface area contributed by atoms with Crippen molar-refractivity contribution in [1.82, 2.24) is 4.72 Å². The molecule has 0 saturated carbocycles. The van der Waals surface area contributed by atoms with Crippen LogP contribution in [0, 0.1) is 0 Å². The molecule has 0 aliphatic rings. The van der Waals surface area contributed by atoms with Crippen LogP contribution in [-0.4, -0.2) is 21.2 Å². The molecular formula is C13H19NO3S. The molecule has 0 atom stereocenters. The number of aldehydes is 1. The van der Waals surface area contributed by atoms with E-state index in [0.29, 0.717) is 17.7 Å². The van der Waals surface area contributed by atoms with Crippen LogP contribution < -0.4 is 4.72 Å². The van der Waals surface area contributed by atoms with Crippen LogP contribution in [0.5, 0.6) is 0 Å². The Kier molecular flexibility index (Phi) is 4.65. The van der Waals surface area contributed by atoms with Crippen molar-refractivity contribution in [3.63, 3.8) is 0 Å². The summed E-state index contributed by atoms with van der Waals surface area (Å²) >= 11 is 0. The first-order valence-electron chi connectivity index (χ1n) is 5.90. The lowest BCUT2D eigenvalue weighted by Gasteiger charge is -2.25. The van der Waals surface area contributed by atoms with E-state index in [1.165, 1.54) is 0 Å². The molecule has 0 saturated heterocycles. The van der Waals surface area contributed by atoms with Crippen LogP contribution in [0.15, 0.2) is 24.3 Å². The first kappa shape index (κ1) is 14.9. The van der Waals surface area contributed by atoms with Gasteiger partial charge in [-0.1, -0.05) is 31.2 Å². The summed E-state index contributed by atoms with van der Waals surface area (Å²) in [6, 6.07) is 6.60. The van der Waals surface area contributed by atoms with Crippen LogP contribution in [0.25, 0.3) is 0 Å². The van der Waals surface area contributed by atoms with Crippen molar-refractivity contribution in [2.45, 2.75) is 31.9 Å². The Labute approximate surface area is 108 Å². The fourth-order valence-electron chi connectivity index (χ4n) is 1.54. The maximum atomic E-state index is 12.2. The van der Waals surface area contributed by atoms with E-state index in [-0.39, 0.29) is 0 Å². The molecule has 0 amide bonds. The summed E-state index contributed by atoms with van der Waals surface area (Å²) in [5, 5.41) is 0. The SMILES string of the molecule is CCCNS(=O)(=O)C(C)(C)c1ccc(C=O)cc1. The van der Waals surface area contributed by atoms with E-state index >= 15 is 0 Å². The number of benzene rings is 1. The maximum Gasteiger partial charge on any atom is 0.221 e. The second-order valence-corrected chi connectivity index (χ2v) is 6.96. The van der Waals surface area contributed by atoms with Gasteiger partial charge in [-0.15, -0.1) is 0 Å². The number of carbonyl (C=O) groups excluding carboxylic acids is 1. The fraction of sp³-hybridized carbons (Fsp3) is 0.462. The summed E-state index contributed by atoms with van der Waals surface area (Å²) in [5.74, 6) is 0. The predicted octanol–water partition coefficient (Wildman–Crippen LogP) is 2.06. The monoisotopic (exact) mass is 269 g/mol. The van der Waals surface area contributed by atoms with E-state index in [9.17, 15) is 13.2 Å². The van der Waals surface area contributed by atoms with E-state index in [1.807, 2.05) is 6.92 Å². The molecule has 0 spiro atoms. The molecule has 0 aromatic heterocycles. The molecule has 0 heterocycles. The highest BCUT2D eigenvalue weighted by molar-refractivity contribution is 7.90. The number of hydrogen-bond donors (Lipinski definition) is 1. The van der Waals surface area contributed by atoms with E-state index in [4.69, 9.17) is 0 Å². The van der Waals surface area contributed by atoms with Crippen LogP contribution in [0.3, 0.4) is 0 Å². The Bertz CT molecular complexity index is 504. The van der Waals surface area contributed by atoms with Gasteiger partial charge in [0.15, 0.2) is 0 Å². The molecule has 0 unspecified atom stereocenters. The highest BCUT2D eigenvalue weighted by Crippen LogP contribution is 2.28. The van der Waals surface area contributed by atoms with Crippen molar-refractivity contribution in [2.24, 2.45) is 0 Å². The smallest absolute Gasteiger partial charge is 0.221 e. The van der Waals surface area contributed by atoms with Gasteiger partial charge in [-0.25, -0.2) is 13.1 Å². The van der Waals surface area contributed by atoms with Crippen LogP contribution in [0.2, 0.25) is 0 Å². The zero-order valence-corrected chi connectivity index (χ0v) is 11.8. The van der Waals surface area contributed by atoms with Crippen molar-refractivity contribution in [2.75, 3.05) is 6.54 Å². The molecule has 0 aliphatic heterocycles. The summed E-state index contributed by atoms with van der Waals surface area (Å²) in [7, 11) is -3.43. The molecule has 1 aromatic rings. The first-order valence-corrected chi connectivity index (χ1v) is 7.38. The number of nitrogens with one attached hydrogen (secondary N) is 1. The minimum Gasteiger partial charge on any atom is -0.298 e. The minimum absolute atomic E-state index is 0.429. The van der Waals surface area contributed by atoms with Crippen molar-refractivity contribution in [3.8, 4) is 0 Å². The third-order valence-corrected chi connectivity index (χ3v) is 5.12. The summed E-state index contributed by atoms with van der Waals surface area (Å²) in [6.07, 6.45) is 1.49. The number of hydrogen-bond acceptors (Lipinski definition) is 3. The zero-order chi connectivity index (χ0) is 13.8. The quantitative estimate of drug-likeness (QED) is 0.804. The summed E-state index contributed by atoms with van der Waals surface area (Å²) in [6.45, 7) is 5.65. The Morgan fingerprint density at radius 3 is 2.22 bits per heavy atom. The van der Waals surface area contributed by atoms with Gasteiger partial charge in [-0.05, 0) is 25.8 Å². The van der Waals surface area contributed by atoms with Gasteiger partial charge in [-0.2, -0.15) is 0 Å². The van der Waals surface area contributed by atoms with E-state index in [1.54, 1.807) is 38.1 Å². The lowest BCUT2D eigenvalue weighted by atomic mass is 10.0. The second-order valence-electron chi connectivity index (χ2n) is 4.65. The topological polar surface area (TPSA) is 63.2 Å². The Morgan fingerprint density at radius 1 is 1.22 bits per heavy atom. The summed E-state index contributed by atoms with van der Waals surface area (Å²) < 4.78 is 25.9. The van der Waals surface area contributed by atoms with E-state index < -0.39 is 14.8 Å². The van der Waals surface area contributed by atoms with Crippen molar-refractivity contribution < 1.29 is 13.2 Å². The fourth-order valence-corrected chi connectivity index (χ4v) is 2.82. The normalized spacial score (nSPS) is 12.4. The molecule has 0 aliphatic carbocycles. The number of rotatable bonds is 6. The van der Waals surface area contributed by atoms with Crippen LogP contribution >= 0.6 is 0 Å².